The quantitative estimate of drug-likeness (QED) is 0.363. The van der Waals surface area contributed by atoms with Crippen molar-refractivity contribution in [2.75, 3.05) is 0 Å². The molecule has 0 aromatic carbocycles. The summed E-state index contributed by atoms with van der Waals surface area (Å²) in [6.07, 6.45) is 0. The molecular weight excluding hydrogens is 84.4 g/mol. The molecule has 0 fully saturated rings. The van der Waals surface area contributed by atoms with Crippen molar-refractivity contribution in [3.05, 3.63) is 0 Å². The molecule has 20 valence electrons. The van der Waals surface area contributed by atoms with Gasteiger partial charge in [-0.1, -0.05) is 0 Å². The minimum Gasteiger partial charge on any atom is -1.00 e. The van der Waals surface area contributed by atoms with Gasteiger partial charge in [-0.3, -0.25) is 8.92 Å². The molecule has 0 N–H and O–H groups in total. The summed E-state index contributed by atoms with van der Waals surface area (Å²) in [7, 11) is -1.42. The van der Waals surface area contributed by atoms with Gasteiger partial charge in [0.2, 0.25) is 0 Å². The second-order valence-corrected chi connectivity index (χ2v) is 0.250. The van der Waals surface area contributed by atoms with E-state index in [1.807, 2.05) is 0 Å². The third-order valence-electron chi connectivity index (χ3n) is 0. The first-order valence-corrected chi connectivity index (χ1v) is 1.22. The number of hydrogen-bond donors (Lipinski definition) is 0. The van der Waals surface area contributed by atoms with Crippen LogP contribution in [0.4, 0.5) is 0 Å². The zero-order chi connectivity index (χ0) is 2.71. The predicted molar refractivity (Wildman–Crippen MR) is 15.1 cm³/mol. The van der Waals surface area contributed by atoms with Gasteiger partial charge in [0.25, 0.3) is 0 Å². The first-order chi connectivity index (χ1) is 1.41. The Kier molecular flexibility index (Phi) is 21.0. The normalized spacial score (nSPS) is 2.00. The Morgan fingerprint density at radius 2 is 1.50 bits per heavy atom. The summed E-state index contributed by atoms with van der Waals surface area (Å²) >= 11 is 0. The van der Waals surface area contributed by atoms with Gasteiger partial charge in [0.15, 0.2) is 0 Å². The Morgan fingerprint density at radius 1 is 1.50 bits per heavy atom. The van der Waals surface area contributed by atoms with Crippen LogP contribution in [0.15, 0.2) is 0 Å². The molecule has 2 nitrogen and oxygen atoms in total. The second-order valence-electron chi connectivity index (χ2n) is 0.0833. The van der Waals surface area contributed by atoms with Crippen molar-refractivity contribution in [1.29, 1.82) is 0 Å². The maximum atomic E-state index is 8.40. The fourth-order valence-corrected chi connectivity index (χ4v) is 0. The number of rotatable bonds is 0. The van der Waals surface area contributed by atoms with Gasteiger partial charge in [-0.15, -0.1) is 0 Å². The average Bonchev–Trinajstić information content (AvgIpc) is 0.918. The van der Waals surface area contributed by atoms with Crippen molar-refractivity contribution in [2.45, 2.75) is 0 Å². The summed E-state index contributed by atoms with van der Waals surface area (Å²) in [5, 5.41) is 0. The fraction of sp³-hybridized carbons (Fsp3) is 0. The average molecular weight is 86.4 g/mol. The van der Waals surface area contributed by atoms with E-state index < -0.39 is 9.29 Å². The Balaban J connectivity index is -0.00000000667. The van der Waals surface area contributed by atoms with Gasteiger partial charge in [0.05, 0.1) is 0 Å². The van der Waals surface area contributed by atoms with Crippen LogP contribution in [-0.4, -0.2) is 32.3 Å². The Hall–Kier alpha value is 0.583. The third kappa shape index (κ3) is 19.0. The van der Waals surface area contributed by atoms with E-state index in [2.05, 4.69) is 0 Å². The molecule has 0 saturated heterocycles. The Morgan fingerprint density at radius 3 is 1.50 bits per heavy atom. The zero-order valence-corrected chi connectivity index (χ0v) is 4.44. The minimum atomic E-state index is -1.42. The Bertz CT molecular complexity index is 32.5. The SMILES string of the molecule is O=[Si]=O.[H-].[H-].[Mg+2]. The largest absolute Gasteiger partial charge is 2.00 e. The molecule has 0 rings (SSSR count). The topological polar surface area (TPSA) is 34.1 Å². The molecular formula is H2MgO2Si. The van der Waals surface area contributed by atoms with E-state index in [1.165, 1.54) is 0 Å². The molecule has 0 spiro atoms. The van der Waals surface area contributed by atoms with Gasteiger partial charge < -0.3 is 2.85 Å². The van der Waals surface area contributed by atoms with E-state index in [0.29, 0.717) is 0 Å². The van der Waals surface area contributed by atoms with Crippen molar-refractivity contribution >= 4 is 32.3 Å². The molecule has 0 atom stereocenters. The van der Waals surface area contributed by atoms with Gasteiger partial charge in [-0.2, -0.15) is 0 Å². The van der Waals surface area contributed by atoms with Crippen molar-refractivity contribution in [2.24, 2.45) is 0 Å². The fourth-order valence-electron chi connectivity index (χ4n) is 0. The second kappa shape index (κ2) is 9.54. The smallest absolute Gasteiger partial charge is 1.00 e. The minimum absolute atomic E-state index is 0. The maximum absolute atomic E-state index is 8.40. The standard InChI is InChI=1S/Mg.O2Si.2H/c;1-3-2;;/q+2;;2*-1. The molecule has 4 heavy (non-hydrogen) atoms. The van der Waals surface area contributed by atoms with E-state index in [9.17, 15) is 0 Å². The van der Waals surface area contributed by atoms with Crippen LogP contribution in [0, 0.1) is 0 Å². The molecule has 0 unspecified atom stereocenters. The van der Waals surface area contributed by atoms with Gasteiger partial charge in [0, 0.05) is 0 Å². The van der Waals surface area contributed by atoms with Crippen LogP contribution in [0.2, 0.25) is 0 Å². The molecule has 0 amide bonds. The van der Waals surface area contributed by atoms with Crippen LogP contribution < -0.4 is 0 Å². The summed E-state index contributed by atoms with van der Waals surface area (Å²) in [6, 6.07) is 0. The van der Waals surface area contributed by atoms with Gasteiger partial charge in [-0.05, 0) is 0 Å². The predicted octanol–water partition coefficient (Wildman–Crippen LogP) is -0.774. The molecule has 0 aromatic heterocycles. The van der Waals surface area contributed by atoms with Crippen LogP contribution in [0.25, 0.3) is 0 Å². The molecule has 0 bridgehead atoms. The van der Waals surface area contributed by atoms with Crippen LogP contribution >= 0.6 is 0 Å². The third-order valence-corrected chi connectivity index (χ3v) is 0. The van der Waals surface area contributed by atoms with E-state index in [0.717, 1.165) is 0 Å². The van der Waals surface area contributed by atoms with Crippen LogP contribution in [0.5, 0.6) is 0 Å². The molecule has 0 heterocycles. The van der Waals surface area contributed by atoms with Crippen molar-refractivity contribution in [3.63, 3.8) is 0 Å². The molecule has 4 heteroatoms. The summed E-state index contributed by atoms with van der Waals surface area (Å²) in [5.41, 5.74) is 0. The molecule has 0 saturated carbocycles. The van der Waals surface area contributed by atoms with Gasteiger partial charge in [0.1, 0.15) is 0 Å². The van der Waals surface area contributed by atoms with E-state index in [-0.39, 0.29) is 25.9 Å². The van der Waals surface area contributed by atoms with Crippen molar-refractivity contribution in [1.82, 2.24) is 0 Å². The van der Waals surface area contributed by atoms with Crippen LogP contribution in [-0.2, 0) is 8.92 Å². The summed E-state index contributed by atoms with van der Waals surface area (Å²) in [4.78, 5) is 0. The Labute approximate surface area is 44.6 Å². The monoisotopic (exact) mass is 86.0 g/mol. The summed E-state index contributed by atoms with van der Waals surface area (Å²) in [6.45, 7) is 0. The zero-order valence-electron chi connectivity index (χ0n) is 4.02. The van der Waals surface area contributed by atoms with Crippen LogP contribution in [0.1, 0.15) is 2.85 Å². The molecule has 0 aliphatic heterocycles. The van der Waals surface area contributed by atoms with E-state index in [1.54, 1.807) is 0 Å². The van der Waals surface area contributed by atoms with Gasteiger partial charge in [-0.25, -0.2) is 0 Å². The maximum Gasteiger partial charge on any atom is 2.00 e. The van der Waals surface area contributed by atoms with Gasteiger partial charge >= 0.3 is 32.3 Å². The molecule has 0 aliphatic carbocycles. The summed E-state index contributed by atoms with van der Waals surface area (Å²) in [5.74, 6) is 0. The van der Waals surface area contributed by atoms with Crippen molar-refractivity contribution in [3.8, 4) is 0 Å². The van der Waals surface area contributed by atoms with Crippen molar-refractivity contribution < 1.29 is 11.8 Å². The molecule has 0 aromatic rings. The molecule has 0 aliphatic rings. The molecule has 0 radical (unpaired) electrons. The summed E-state index contributed by atoms with van der Waals surface area (Å²) < 4.78 is 16.8. The first kappa shape index (κ1) is 8.82. The van der Waals surface area contributed by atoms with Crippen LogP contribution in [0.3, 0.4) is 0 Å². The van der Waals surface area contributed by atoms with E-state index in [4.69, 9.17) is 8.92 Å². The first-order valence-electron chi connectivity index (χ1n) is 0.408. The van der Waals surface area contributed by atoms with E-state index >= 15 is 0 Å². The number of hydrogen-bond acceptors (Lipinski definition) is 2.